The van der Waals surface area contributed by atoms with Crippen LogP contribution in [0.5, 0.6) is 5.75 Å². The predicted molar refractivity (Wildman–Crippen MR) is 153 cm³/mol. The molecule has 0 saturated heterocycles. The molecule has 0 heterocycles. The lowest BCUT2D eigenvalue weighted by Crippen LogP contribution is -2.20. The molecule has 5 rings (SSSR count). The summed E-state index contributed by atoms with van der Waals surface area (Å²) in [5.41, 5.74) is 3.43. The highest BCUT2D eigenvalue weighted by molar-refractivity contribution is 6.29. The number of hydrogen-bond acceptors (Lipinski definition) is 4. The molecule has 0 radical (unpaired) electrons. The fourth-order valence-electron chi connectivity index (χ4n) is 4.60. The molecule has 0 fully saturated rings. The van der Waals surface area contributed by atoms with Gasteiger partial charge in [-0.15, -0.1) is 0 Å². The van der Waals surface area contributed by atoms with E-state index in [0.717, 1.165) is 43.6 Å². The van der Waals surface area contributed by atoms with Crippen molar-refractivity contribution < 1.29 is 14.7 Å². The number of phenols is 1. The summed E-state index contributed by atoms with van der Waals surface area (Å²) < 4.78 is 0. The zero-order valence-electron chi connectivity index (χ0n) is 21.5. The second-order valence-electron chi connectivity index (χ2n) is 10.2. The first-order valence-corrected chi connectivity index (χ1v) is 12.6. The van der Waals surface area contributed by atoms with Crippen LogP contribution in [-0.2, 0) is 16.1 Å². The fourth-order valence-corrected chi connectivity index (χ4v) is 4.60. The van der Waals surface area contributed by atoms with Crippen LogP contribution in [0.15, 0.2) is 66.7 Å². The number of amides is 2. The van der Waals surface area contributed by atoms with Crippen molar-refractivity contribution in [1.29, 1.82) is 0 Å². The molecule has 188 valence electrons. The highest BCUT2D eigenvalue weighted by Gasteiger charge is 2.19. The van der Waals surface area contributed by atoms with Crippen molar-refractivity contribution in [2.45, 2.75) is 34.2 Å². The zero-order valence-corrected chi connectivity index (χ0v) is 21.5. The van der Waals surface area contributed by atoms with Gasteiger partial charge in [-0.05, 0) is 52.1 Å². The van der Waals surface area contributed by atoms with Crippen LogP contribution in [0.25, 0.3) is 32.3 Å². The highest BCUT2D eigenvalue weighted by Crippen LogP contribution is 2.42. The second kappa shape index (κ2) is 9.62. The van der Waals surface area contributed by atoms with Crippen molar-refractivity contribution in [1.82, 2.24) is 0 Å². The molecule has 2 amide bonds. The number of carbonyl (C=O) groups excluding carboxylic acids is 2. The number of rotatable bonds is 7. The Kier molecular flexibility index (Phi) is 6.34. The highest BCUT2D eigenvalue weighted by atomic mass is 16.3. The number of aromatic hydroxyl groups is 1. The van der Waals surface area contributed by atoms with Gasteiger partial charge >= 0.3 is 0 Å². The standard InChI is InChI=1S/C31H31N3O3/c1-17(2)30(36)33-26-15-27(34-31(37)18(3)4)25-12-8-21-14-22(32-16-19-5-9-23(35)10-6-19)13-20-7-11-24(26)29(25)28(20)21/h5-15,17-18,32,35H,16H2,1-4H3,(H,33,36)(H,34,37). The lowest BCUT2D eigenvalue weighted by atomic mass is 9.91. The maximum atomic E-state index is 12.6. The molecule has 6 nitrogen and oxygen atoms in total. The molecule has 37 heavy (non-hydrogen) atoms. The molecular formula is C31H31N3O3. The van der Waals surface area contributed by atoms with Crippen molar-refractivity contribution in [2.75, 3.05) is 16.0 Å². The van der Waals surface area contributed by atoms with E-state index in [1.807, 2.05) is 58.0 Å². The third-order valence-electron chi connectivity index (χ3n) is 6.71. The van der Waals surface area contributed by atoms with E-state index in [4.69, 9.17) is 0 Å². The van der Waals surface area contributed by atoms with Gasteiger partial charge in [0.2, 0.25) is 11.8 Å². The van der Waals surface area contributed by atoms with Crippen LogP contribution in [0.3, 0.4) is 0 Å². The summed E-state index contributed by atoms with van der Waals surface area (Å²) in [6, 6.07) is 21.5. The average molecular weight is 494 g/mol. The maximum absolute atomic E-state index is 12.6. The molecule has 0 aliphatic rings. The molecular weight excluding hydrogens is 462 g/mol. The number of benzene rings is 5. The molecule has 0 unspecified atom stereocenters. The van der Waals surface area contributed by atoms with Gasteiger partial charge in [0.15, 0.2) is 0 Å². The van der Waals surface area contributed by atoms with E-state index in [-0.39, 0.29) is 29.4 Å². The summed E-state index contributed by atoms with van der Waals surface area (Å²) >= 11 is 0. The molecule has 0 aliphatic heterocycles. The van der Waals surface area contributed by atoms with Gasteiger partial charge in [-0.25, -0.2) is 0 Å². The third-order valence-corrected chi connectivity index (χ3v) is 6.71. The van der Waals surface area contributed by atoms with Gasteiger partial charge < -0.3 is 21.1 Å². The molecule has 5 aromatic carbocycles. The Labute approximate surface area is 216 Å². The van der Waals surface area contributed by atoms with Gasteiger partial charge in [0.25, 0.3) is 0 Å². The van der Waals surface area contributed by atoms with E-state index in [9.17, 15) is 14.7 Å². The first-order valence-electron chi connectivity index (χ1n) is 12.6. The van der Waals surface area contributed by atoms with Crippen molar-refractivity contribution in [3.05, 3.63) is 72.3 Å². The van der Waals surface area contributed by atoms with Gasteiger partial charge in [0.05, 0.1) is 11.4 Å². The quantitative estimate of drug-likeness (QED) is 0.182. The minimum Gasteiger partial charge on any atom is -0.508 e. The van der Waals surface area contributed by atoms with Crippen LogP contribution in [0, 0.1) is 11.8 Å². The number of carbonyl (C=O) groups is 2. The van der Waals surface area contributed by atoms with Crippen molar-refractivity contribution >= 4 is 61.2 Å². The minimum atomic E-state index is -0.172. The van der Waals surface area contributed by atoms with Gasteiger partial charge in [0, 0.05) is 40.2 Å². The third kappa shape index (κ3) is 4.75. The summed E-state index contributed by atoms with van der Waals surface area (Å²) in [5, 5.41) is 25.3. The molecule has 4 N–H and O–H groups in total. The van der Waals surface area contributed by atoms with Crippen LogP contribution in [0.4, 0.5) is 17.1 Å². The van der Waals surface area contributed by atoms with E-state index in [2.05, 4.69) is 40.2 Å². The van der Waals surface area contributed by atoms with Gasteiger partial charge in [-0.2, -0.15) is 0 Å². The SMILES string of the molecule is CC(C)C(=O)Nc1cc(NC(=O)C(C)C)c2ccc3cc(NCc4ccc(O)cc4)cc4ccc1c2c43. The lowest BCUT2D eigenvalue weighted by molar-refractivity contribution is -0.119. The van der Waals surface area contributed by atoms with Gasteiger partial charge in [0.1, 0.15) is 5.75 Å². The molecule has 5 aromatic rings. The van der Waals surface area contributed by atoms with E-state index >= 15 is 0 Å². The Hall–Kier alpha value is -4.32. The van der Waals surface area contributed by atoms with Crippen LogP contribution in [-0.4, -0.2) is 16.9 Å². The average Bonchev–Trinajstić information content (AvgIpc) is 2.87. The van der Waals surface area contributed by atoms with Crippen LogP contribution >= 0.6 is 0 Å². The number of hydrogen-bond donors (Lipinski definition) is 4. The summed E-state index contributed by atoms with van der Waals surface area (Å²) in [7, 11) is 0. The molecule has 0 aliphatic carbocycles. The minimum absolute atomic E-state index is 0.0723. The molecule has 0 bridgehead atoms. The first-order chi connectivity index (χ1) is 17.7. The molecule has 0 aromatic heterocycles. The largest absolute Gasteiger partial charge is 0.508 e. The van der Waals surface area contributed by atoms with E-state index in [1.54, 1.807) is 12.1 Å². The molecule has 0 spiro atoms. The predicted octanol–water partition coefficient (Wildman–Crippen LogP) is 7.09. The molecule has 0 saturated carbocycles. The Bertz CT molecular complexity index is 1530. The summed E-state index contributed by atoms with van der Waals surface area (Å²) in [5.74, 6) is -0.239. The van der Waals surface area contributed by atoms with Crippen LogP contribution < -0.4 is 16.0 Å². The summed E-state index contributed by atoms with van der Waals surface area (Å²) in [4.78, 5) is 25.3. The zero-order chi connectivity index (χ0) is 26.3. The van der Waals surface area contributed by atoms with Crippen LogP contribution in [0.1, 0.15) is 33.3 Å². The van der Waals surface area contributed by atoms with Crippen molar-refractivity contribution in [2.24, 2.45) is 11.8 Å². The topological polar surface area (TPSA) is 90.5 Å². The van der Waals surface area contributed by atoms with E-state index in [0.29, 0.717) is 17.9 Å². The molecule has 6 heteroatoms. The Morgan fingerprint density at radius 3 is 1.70 bits per heavy atom. The summed E-state index contributed by atoms with van der Waals surface area (Å²) in [6.07, 6.45) is 0. The molecule has 0 atom stereocenters. The fraction of sp³-hybridized carbons (Fsp3) is 0.226. The normalized spacial score (nSPS) is 11.6. The maximum Gasteiger partial charge on any atom is 0.226 e. The van der Waals surface area contributed by atoms with Crippen LogP contribution in [0.2, 0.25) is 0 Å². The van der Waals surface area contributed by atoms with E-state index in [1.165, 1.54) is 0 Å². The smallest absolute Gasteiger partial charge is 0.226 e. The Balaban J connectivity index is 1.64. The Morgan fingerprint density at radius 1 is 0.703 bits per heavy atom. The second-order valence-corrected chi connectivity index (χ2v) is 10.2. The van der Waals surface area contributed by atoms with Gasteiger partial charge in [-0.1, -0.05) is 64.1 Å². The van der Waals surface area contributed by atoms with E-state index < -0.39 is 0 Å². The number of phenolic OH excluding ortho intramolecular Hbond substituents is 1. The number of nitrogens with one attached hydrogen (secondary N) is 3. The first kappa shape index (κ1) is 24.4. The number of anilines is 3. The van der Waals surface area contributed by atoms with Crippen molar-refractivity contribution in [3.63, 3.8) is 0 Å². The Morgan fingerprint density at radius 2 is 1.22 bits per heavy atom. The lowest BCUT2D eigenvalue weighted by Gasteiger charge is -2.20. The monoisotopic (exact) mass is 493 g/mol. The van der Waals surface area contributed by atoms with Gasteiger partial charge in [-0.3, -0.25) is 9.59 Å². The summed E-state index contributed by atoms with van der Waals surface area (Å²) in [6.45, 7) is 8.07. The van der Waals surface area contributed by atoms with Crippen molar-refractivity contribution in [3.8, 4) is 5.75 Å².